The molecule has 0 atom stereocenters. The molecule has 0 fully saturated rings. The van der Waals surface area contributed by atoms with Gasteiger partial charge < -0.3 is 9.30 Å². The van der Waals surface area contributed by atoms with E-state index in [9.17, 15) is 4.79 Å². The molecule has 0 aliphatic carbocycles. The Labute approximate surface area is 165 Å². The fourth-order valence-electron chi connectivity index (χ4n) is 3.87. The second-order valence-electron chi connectivity index (χ2n) is 7.30. The lowest BCUT2D eigenvalue weighted by atomic mass is 10.0. The number of ether oxygens (including phenoxy) is 1. The topological polar surface area (TPSA) is 31.2 Å². The normalized spacial score (nSPS) is 11.2. The van der Waals surface area contributed by atoms with E-state index in [-0.39, 0.29) is 5.97 Å². The Morgan fingerprint density at radius 1 is 0.929 bits per heavy atom. The van der Waals surface area contributed by atoms with E-state index in [0.717, 1.165) is 30.5 Å². The molecule has 0 amide bonds. The first-order valence-electron chi connectivity index (χ1n) is 9.90. The van der Waals surface area contributed by atoms with E-state index in [1.807, 2.05) is 31.2 Å². The van der Waals surface area contributed by atoms with Gasteiger partial charge in [-0.2, -0.15) is 0 Å². The van der Waals surface area contributed by atoms with Gasteiger partial charge in [0.15, 0.2) is 0 Å². The molecule has 3 nitrogen and oxygen atoms in total. The van der Waals surface area contributed by atoms with E-state index in [1.165, 1.54) is 21.9 Å². The molecule has 4 rings (SSSR count). The molecule has 0 aliphatic heterocycles. The fraction of sp³-hybridized carbons (Fsp3) is 0.240. The molecule has 142 valence electrons. The van der Waals surface area contributed by atoms with Crippen LogP contribution in [0.1, 0.15) is 41.3 Å². The van der Waals surface area contributed by atoms with Crippen LogP contribution in [0.4, 0.5) is 0 Å². The van der Waals surface area contributed by atoms with Gasteiger partial charge in [0.25, 0.3) is 0 Å². The van der Waals surface area contributed by atoms with Gasteiger partial charge in [0.05, 0.1) is 11.1 Å². The van der Waals surface area contributed by atoms with E-state index in [2.05, 4.69) is 42.7 Å². The van der Waals surface area contributed by atoms with Crippen molar-refractivity contribution in [1.29, 1.82) is 0 Å². The summed E-state index contributed by atoms with van der Waals surface area (Å²) in [6.07, 6.45) is 2.24. The van der Waals surface area contributed by atoms with Crippen molar-refractivity contribution in [1.82, 2.24) is 4.57 Å². The monoisotopic (exact) mass is 371 g/mol. The molecule has 1 heterocycles. The molecule has 0 spiro atoms. The largest absolute Gasteiger partial charge is 0.423 e. The highest BCUT2D eigenvalue weighted by atomic mass is 16.5. The van der Waals surface area contributed by atoms with Crippen LogP contribution in [0.3, 0.4) is 0 Å². The van der Waals surface area contributed by atoms with Crippen molar-refractivity contribution in [3.05, 3.63) is 77.4 Å². The highest BCUT2D eigenvalue weighted by Crippen LogP contribution is 2.37. The minimum absolute atomic E-state index is 0.321. The molecule has 0 saturated carbocycles. The summed E-state index contributed by atoms with van der Waals surface area (Å²) in [5.41, 5.74) is 5.11. The number of benzene rings is 3. The van der Waals surface area contributed by atoms with Gasteiger partial charge in [0.1, 0.15) is 5.75 Å². The number of hydrogen-bond acceptors (Lipinski definition) is 2. The Morgan fingerprint density at radius 3 is 2.39 bits per heavy atom. The van der Waals surface area contributed by atoms with Gasteiger partial charge in [-0.25, -0.2) is 4.79 Å². The van der Waals surface area contributed by atoms with Crippen molar-refractivity contribution in [3.63, 3.8) is 0 Å². The fourth-order valence-corrected chi connectivity index (χ4v) is 3.87. The van der Waals surface area contributed by atoms with Crippen molar-refractivity contribution < 1.29 is 9.53 Å². The number of hydrogen-bond donors (Lipinski definition) is 0. The summed E-state index contributed by atoms with van der Waals surface area (Å²) in [5.74, 6) is 0.318. The summed E-state index contributed by atoms with van der Waals surface area (Å²) >= 11 is 0. The average molecular weight is 371 g/mol. The van der Waals surface area contributed by atoms with E-state index in [4.69, 9.17) is 4.74 Å². The molecule has 4 aromatic rings. The maximum Gasteiger partial charge on any atom is 0.343 e. The molecule has 0 bridgehead atoms. The van der Waals surface area contributed by atoms with Crippen molar-refractivity contribution in [3.8, 4) is 5.75 Å². The summed E-state index contributed by atoms with van der Waals surface area (Å²) < 4.78 is 8.18. The zero-order valence-corrected chi connectivity index (χ0v) is 16.7. The number of aromatic nitrogens is 1. The molecule has 0 radical (unpaired) electrons. The number of esters is 1. The van der Waals surface area contributed by atoms with E-state index < -0.39 is 0 Å². The van der Waals surface area contributed by atoms with Crippen molar-refractivity contribution in [2.45, 2.75) is 40.2 Å². The van der Waals surface area contributed by atoms with E-state index in [0.29, 0.717) is 11.3 Å². The summed E-state index contributed by atoms with van der Waals surface area (Å²) in [6.45, 7) is 7.31. The van der Waals surface area contributed by atoms with E-state index in [1.54, 1.807) is 12.1 Å². The number of unbranched alkanes of at least 4 members (excludes halogenated alkanes) is 1. The third-order valence-electron chi connectivity index (χ3n) is 5.53. The molecule has 0 saturated heterocycles. The minimum atomic E-state index is -0.321. The molecule has 28 heavy (non-hydrogen) atoms. The van der Waals surface area contributed by atoms with Gasteiger partial charge in [-0.15, -0.1) is 0 Å². The van der Waals surface area contributed by atoms with Crippen LogP contribution in [0.15, 0.2) is 60.7 Å². The van der Waals surface area contributed by atoms with E-state index >= 15 is 0 Å². The summed E-state index contributed by atoms with van der Waals surface area (Å²) in [7, 11) is 0. The maximum atomic E-state index is 12.6. The standard InChI is InChI=1S/C25H25NO2/c1-4-5-15-26-21-14-10-9-13-20(21)24-18(3)17(2)23(16-22(24)26)28-25(27)19-11-7-6-8-12-19/h6-14,16H,4-5,15H2,1-3H3. The summed E-state index contributed by atoms with van der Waals surface area (Å²) in [6, 6.07) is 19.7. The van der Waals surface area contributed by atoms with Crippen LogP contribution in [0, 0.1) is 13.8 Å². The van der Waals surface area contributed by atoms with Crippen LogP contribution >= 0.6 is 0 Å². The average Bonchev–Trinajstić information content (AvgIpc) is 3.04. The molecule has 0 unspecified atom stereocenters. The highest BCUT2D eigenvalue weighted by molar-refractivity contribution is 6.10. The Balaban J connectivity index is 1.88. The first kappa shape index (κ1) is 18.3. The van der Waals surface area contributed by atoms with Gasteiger partial charge in [-0.05, 0) is 49.6 Å². The molecular weight excluding hydrogens is 346 g/mol. The smallest absolute Gasteiger partial charge is 0.343 e. The Morgan fingerprint density at radius 2 is 1.64 bits per heavy atom. The summed E-state index contributed by atoms with van der Waals surface area (Å²) in [5, 5.41) is 2.51. The minimum Gasteiger partial charge on any atom is -0.423 e. The maximum absolute atomic E-state index is 12.6. The number of carbonyl (C=O) groups is 1. The summed E-state index contributed by atoms with van der Waals surface area (Å²) in [4.78, 5) is 12.6. The van der Waals surface area contributed by atoms with Gasteiger partial charge >= 0.3 is 5.97 Å². The second kappa shape index (κ2) is 7.51. The lowest BCUT2D eigenvalue weighted by molar-refractivity contribution is 0.0733. The van der Waals surface area contributed by atoms with Crippen LogP contribution in [-0.4, -0.2) is 10.5 Å². The molecule has 0 aliphatic rings. The number of nitrogens with zero attached hydrogens (tertiary/aromatic N) is 1. The zero-order valence-electron chi connectivity index (χ0n) is 16.7. The van der Waals surface area contributed by atoms with Crippen molar-refractivity contribution in [2.75, 3.05) is 0 Å². The molecule has 3 aromatic carbocycles. The van der Waals surface area contributed by atoms with Crippen molar-refractivity contribution in [2.24, 2.45) is 0 Å². The van der Waals surface area contributed by atoms with Crippen LogP contribution in [0.2, 0.25) is 0 Å². The molecule has 3 heteroatoms. The van der Waals surface area contributed by atoms with Gasteiger partial charge in [-0.1, -0.05) is 49.7 Å². The molecule has 0 N–H and O–H groups in total. The lowest BCUT2D eigenvalue weighted by Crippen LogP contribution is -2.10. The molecule has 1 aromatic heterocycles. The second-order valence-corrected chi connectivity index (χ2v) is 7.30. The Kier molecular flexibility index (Phi) is 4.91. The predicted octanol–water partition coefficient (Wildman–Crippen LogP) is 6.43. The lowest BCUT2D eigenvalue weighted by Gasteiger charge is -2.13. The number of para-hydroxylation sites is 1. The first-order chi connectivity index (χ1) is 13.6. The van der Waals surface area contributed by atoms with Gasteiger partial charge in [-0.3, -0.25) is 0 Å². The van der Waals surface area contributed by atoms with Gasteiger partial charge in [0.2, 0.25) is 0 Å². The Hall–Kier alpha value is -3.07. The van der Waals surface area contributed by atoms with Crippen LogP contribution in [-0.2, 0) is 6.54 Å². The number of fused-ring (bicyclic) bond motifs is 3. The van der Waals surface area contributed by atoms with Crippen LogP contribution < -0.4 is 4.74 Å². The number of rotatable bonds is 5. The third-order valence-corrected chi connectivity index (χ3v) is 5.53. The number of carbonyl (C=O) groups excluding carboxylic acids is 1. The number of aryl methyl sites for hydroxylation is 2. The highest BCUT2D eigenvalue weighted by Gasteiger charge is 2.18. The van der Waals surface area contributed by atoms with Crippen LogP contribution in [0.25, 0.3) is 21.8 Å². The van der Waals surface area contributed by atoms with Crippen LogP contribution in [0.5, 0.6) is 5.75 Å². The third kappa shape index (κ3) is 3.07. The molecular formula is C25H25NO2. The first-order valence-corrected chi connectivity index (χ1v) is 9.90. The quantitative estimate of drug-likeness (QED) is 0.299. The predicted molar refractivity (Wildman–Crippen MR) is 115 cm³/mol. The van der Waals surface area contributed by atoms with Crippen molar-refractivity contribution >= 4 is 27.8 Å². The zero-order chi connectivity index (χ0) is 19.7. The van der Waals surface area contributed by atoms with Gasteiger partial charge in [0, 0.05) is 28.9 Å². The Bertz CT molecular complexity index is 1160. The SMILES string of the molecule is CCCCn1c2ccccc2c2c(C)c(C)c(OC(=O)c3ccccc3)cc21.